The van der Waals surface area contributed by atoms with Crippen molar-refractivity contribution in [1.29, 1.82) is 0 Å². The lowest BCUT2D eigenvalue weighted by Gasteiger charge is -2.26. The fraction of sp³-hybridized carbons (Fsp3) is 0.353. The van der Waals surface area contributed by atoms with Crippen molar-refractivity contribution in [3.05, 3.63) is 42.0 Å². The Morgan fingerprint density at radius 1 is 1.17 bits per heavy atom. The van der Waals surface area contributed by atoms with Crippen LogP contribution >= 0.6 is 0 Å². The number of nitrogens with one attached hydrogen (secondary N) is 1. The zero-order valence-corrected chi connectivity index (χ0v) is 12.9. The topological polar surface area (TPSA) is 67.4 Å². The number of aromatic nitrogens is 2. The van der Waals surface area contributed by atoms with Gasteiger partial charge in [0.2, 0.25) is 0 Å². The molecule has 0 radical (unpaired) electrons. The number of morpholine rings is 1. The molecule has 120 valence electrons. The van der Waals surface area contributed by atoms with Crippen LogP contribution in [-0.4, -0.2) is 60.8 Å². The molecule has 0 amide bonds. The number of aldehydes is 1. The first-order valence-electron chi connectivity index (χ1n) is 7.79. The average molecular weight is 312 g/mol. The lowest BCUT2D eigenvalue weighted by Crippen LogP contribution is -2.39. The van der Waals surface area contributed by atoms with Crippen LogP contribution in [0, 0.1) is 0 Å². The van der Waals surface area contributed by atoms with Crippen molar-refractivity contribution in [1.82, 2.24) is 15.1 Å². The van der Waals surface area contributed by atoms with Gasteiger partial charge in [-0.2, -0.15) is 0 Å². The third-order valence-corrected chi connectivity index (χ3v) is 3.84. The minimum absolute atomic E-state index is 0.529. The van der Waals surface area contributed by atoms with Gasteiger partial charge in [0.15, 0.2) is 12.1 Å². The van der Waals surface area contributed by atoms with Crippen LogP contribution in [0.5, 0.6) is 0 Å². The molecule has 6 nitrogen and oxygen atoms in total. The highest BCUT2D eigenvalue weighted by molar-refractivity contribution is 5.84. The fourth-order valence-corrected chi connectivity index (χ4v) is 2.54. The highest BCUT2D eigenvalue weighted by Crippen LogP contribution is 2.19. The summed E-state index contributed by atoms with van der Waals surface area (Å²) in [4.78, 5) is 13.7. The zero-order chi connectivity index (χ0) is 15.9. The Hall–Kier alpha value is -2.31. The molecule has 1 aliphatic heterocycles. The predicted octanol–water partition coefficient (Wildman–Crippen LogP) is 1.70. The molecule has 0 bridgehead atoms. The molecule has 1 aromatic carbocycles. The molecular weight excluding hydrogens is 292 g/mol. The second-order valence-electron chi connectivity index (χ2n) is 5.40. The van der Waals surface area contributed by atoms with Gasteiger partial charge in [-0.1, -0.05) is 30.3 Å². The molecule has 1 aromatic heterocycles. The van der Waals surface area contributed by atoms with Crippen LogP contribution in [0.25, 0.3) is 11.3 Å². The summed E-state index contributed by atoms with van der Waals surface area (Å²) in [5.74, 6) is 0.535. The van der Waals surface area contributed by atoms with Crippen molar-refractivity contribution in [2.45, 2.75) is 0 Å². The van der Waals surface area contributed by atoms with Gasteiger partial charge in [0.1, 0.15) is 0 Å². The largest absolute Gasteiger partial charge is 0.379 e. The van der Waals surface area contributed by atoms with E-state index in [0.717, 1.165) is 51.2 Å². The minimum Gasteiger partial charge on any atom is -0.379 e. The van der Waals surface area contributed by atoms with Crippen molar-refractivity contribution in [2.75, 3.05) is 44.7 Å². The standard InChI is InChI=1S/C17H20N4O2/c22-13-15-12-16(14-4-2-1-3-5-14)19-20-17(15)18-6-7-21-8-10-23-11-9-21/h1-5,12-13H,6-11H2,(H,18,20). The molecule has 1 N–H and O–H groups in total. The van der Waals surface area contributed by atoms with E-state index in [-0.39, 0.29) is 0 Å². The summed E-state index contributed by atoms with van der Waals surface area (Å²) < 4.78 is 5.33. The van der Waals surface area contributed by atoms with Gasteiger partial charge < -0.3 is 10.1 Å². The molecular formula is C17H20N4O2. The molecule has 1 fully saturated rings. The Balaban J connectivity index is 1.64. The van der Waals surface area contributed by atoms with Crippen LogP contribution in [0.3, 0.4) is 0 Å². The number of rotatable bonds is 6. The van der Waals surface area contributed by atoms with E-state index in [0.29, 0.717) is 17.1 Å². The predicted molar refractivity (Wildman–Crippen MR) is 88.6 cm³/mol. The molecule has 2 heterocycles. The summed E-state index contributed by atoms with van der Waals surface area (Å²) >= 11 is 0. The van der Waals surface area contributed by atoms with E-state index in [1.807, 2.05) is 30.3 Å². The highest BCUT2D eigenvalue weighted by atomic mass is 16.5. The molecule has 0 spiro atoms. The van der Waals surface area contributed by atoms with Gasteiger partial charge in [-0.3, -0.25) is 9.69 Å². The number of hydrogen-bond donors (Lipinski definition) is 1. The monoisotopic (exact) mass is 312 g/mol. The summed E-state index contributed by atoms with van der Waals surface area (Å²) in [6.45, 7) is 5.07. The second-order valence-corrected chi connectivity index (χ2v) is 5.40. The average Bonchev–Trinajstić information content (AvgIpc) is 2.63. The molecule has 0 atom stereocenters. The summed E-state index contributed by atoms with van der Waals surface area (Å²) in [6, 6.07) is 11.5. The number of benzene rings is 1. The lowest BCUT2D eigenvalue weighted by atomic mass is 10.1. The van der Waals surface area contributed by atoms with Gasteiger partial charge in [0, 0.05) is 31.7 Å². The molecule has 1 saturated heterocycles. The van der Waals surface area contributed by atoms with E-state index < -0.39 is 0 Å². The molecule has 1 aliphatic rings. The lowest BCUT2D eigenvalue weighted by molar-refractivity contribution is 0.0398. The van der Waals surface area contributed by atoms with Crippen LogP contribution < -0.4 is 5.32 Å². The van der Waals surface area contributed by atoms with Crippen LogP contribution in [0.4, 0.5) is 5.82 Å². The molecule has 0 saturated carbocycles. The van der Waals surface area contributed by atoms with Crippen molar-refractivity contribution >= 4 is 12.1 Å². The van der Waals surface area contributed by atoms with Crippen molar-refractivity contribution < 1.29 is 9.53 Å². The quantitative estimate of drug-likeness (QED) is 0.819. The highest BCUT2D eigenvalue weighted by Gasteiger charge is 2.11. The van der Waals surface area contributed by atoms with E-state index in [1.165, 1.54) is 0 Å². The number of carbonyl (C=O) groups is 1. The SMILES string of the molecule is O=Cc1cc(-c2ccccc2)nnc1NCCN1CCOCC1. The van der Waals surface area contributed by atoms with E-state index >= 15 is 0 Å². The Morgan fingerprint density at radius 2 is 1.96 bits per heavy atom. The van der Waals surface area contributed by atoms with E-state index in [9.17, 15) is 4.79 Å². The maximum Gasteiger partial charge on any atom is 0.159 e. The Kier molecular flexibility index (Phi) is 5.29. The number of anilines is 1. The third-order valence-electron chi connectivity index (χ3n) is 3.84. The summed E-state index contributed by atoms with van der Waals surface area (Å²) in [6.07, 6.45) is 0.818. The number of ether oxygens (including phenoxy) is 1. The van der Waals surface area contributed by atoms with Gasteiger partial charge in [-0.15, -0.1) is 10.2 Å². The molecule has 0 aliphatic carbocycles. The summed E-state index contributed by atoms with van der Waals surface area (Å²) in [7, 11) is 0. The number of hydrogen-bond acceptors (Lipinski definition) is 6. The van der Waals surface area contributed by atoms with Gasteiger partial charge in [0.25, 0.3) is 0 Å². The Bertz CT molecular complexity index is 642. The molecule has 2 aromatic rings. The molecule has 23 heavy (non-hydrogen) atoms. The van der Waals surface area contributed by atoms with Crippen LogP contribution in [0.2, 0.25) is 0 Å². The zero-order valence-electron chi connectivity index (χ0n) is 12.9. The van der Waals surface area contributed by atoms with Gasteiger partial charge in [0.05, 0.1) is 24.5 Å². The summed E-state index contributed by atoms with van der Waals surface area (Å²) in [5, 5.41) is 11.6. The van der Waals surface area contributed by atoms with Gasteiger partial charge in [-0.25, -0.2) is 0 Å². The van der Waals surface area contributed by atoms with E-state index in [2.05, 4.69) is 20.4 Å². The van der Waals surface area contributed by atoms with E-state index in [1.54, 1.807) is 6.07 Å². The van der Waals surface area contributed by atoms with Gasteiger partial charge >= 0.3 is 0 Å². The van der Waals surface area contributed by atoms with Crippen LogP contribution in [0.15, 0.2) is 36.4 Å². The molecule has 6 heteroatoms. The smallest absolute Gasteiger partial charge is 0.159 e. The first-order valence-corrected chi connectivity index (χ1v) is 7.79. The summed E-state index contributed by atoms with van der Waals surface area (Å²) in [5.41, 5.74) is 2.18. The Labute approximate surface area is 135 Å². The van der Waals surface area contributed by atoms with Gasteiger partial charge in [-0.05, 0) is 6.07 Å². The number of carbonyl (C=O) groups excluding carboxylic acids is 1. The van der Waals surface area contributed by atoms with Crippen molar-refractivity contribution in [3.8, 4) is 11.3 Å². The maximum absolute atomic E-state index is 11.3. The molecule has 0 unspecified atom stereocenters. The number of nitrogens with zero attached hydrogens (tertiary/aromatic N) is 3. The maximum atomic E-state index is 11.3. The Morgan fingerprint density at radius 3 is 2.70 bits per heavy atom. The van der Waals surface area contributed by atoms with E-state index in [4.69, 9.17) is 4.74 Å². The molecule has 3 rings (SSSR count). The normalized spacial score (nSPS) is 15.3. The fourth-order valence-electron chi connectivity index (χ4n) is 2.54. The van der Waals surface area contributed by atoms with Crippen molar-refractivity contribution in [2.24, 2.45) is 0 Å². The van der Waals surface area contributed by atoms with Crippen molar-refractivity contribution in [3.63, 3.8) is 0 Å². The first kappa shape index (κ1) is 15.6. The minimum atomic E-state index is 0.529. The first-order chi connectivity index (χ1) is 11.4. The van der Waals surface area contributed by atoms with Crippen LogP contribution in [-0.2, 0) is 4.74 Å². The van der Waals surface area contributed by atoms with Crippen LogP contribution in [0.1, 0.15) is 10.4 Å². The second kappa shape index (κ2) is 7.80. The third kappa shape index (κ3) is 4.12.